The fourth-order valence-corrected chi connectivity index (χ4v) is 1.56. The molecule has 6 nitrogen and oxygen atoms in total. The summed E-state index contributed by atoms with van der Waals surface area (Å²) in [5.74, 6) is -0.865. The highest BCUT2D eigenvalue weighted by molar-refractivity contribution is 6.01. The average molecular weight is 274 g/mol. The summed E-state index contributed by atoms with van der Waals surface area (Å²) in [7, 11) is 0. The number of phenolic OH excluding ortho intramolecular Hbond substituents is 1. The number of carbonyl (C=O) groups excluding carboxylic acids is 2. The third-order valence-corrected chi connectivity index (χ3v) is 2.69. The Bertz CT molecular complexity index is 607. The van der Waals surface area contributed by atoms with E-state index in [-0.39, 0.29) is 5.75 Å². The summed E-state index contributed by atoms with van der Waals surface area (Å²) < 4.78 is 4.79. The van der Waals surface area contributed by atoms with Crippen molar-refractivity contribution in [2.75, 3.05) is 5.32 Å². The van der Waals surface area contributed by atoms with Crippen LogP contribution in [0.25, 0.3) is 0 Å². The van der Waals surface area contributed by atoms with Crippen molar-refractivity contribution in [1.29, 1.82) is 0 Å². The number of amides is 2. The molecule has 0 fully saturated rings. The highest BCUT2D eigenvalue weighted by atomic mass is 16.3. The average Bonchev–Trinajstić information content (AvgIpc) is 2.95. The summed E-state index contributed by atoms with van der Waals surface area (Å²) >= 11 is 0. The summed E-state index contributed by atoms with van der Waals surface area (Å²) in [6.07, 6.45) is 2.67. The number of hydrogen-bond donors (Lipinski definition) is 3. The Hall–Kier alpha value is -2.76. The minimum Gasteiger partial charge on any atom is -0.506 e. The van der Waals surface area contributed by atoms with Gasteiger partial charge in [-0.1, -0.05) is 12.1 Å². The molecule has 0 aliphatic rings. The lowest BCUT2D eigenvalue weighted by Gasteiger charge is -2.14. The van der Waals surface area contributed by atoms with Gasteiger partial charge in [-0.2, -0.15) is 0 Å². The SMILES string of the molecule is C[C@H](NC(=O)c1ccoc1)C(=O)Nc1ccccc1O. The lowest BCUT2D eigenvalue weighted by molar-refractivity contribution is -0.117. The number of benzene rings is 1. The highest BCUT2D eigenvalue weighted by Crippen LogP contribution is 2.21. The molecule has 0 bridgehead atoms. The van der Waals surface area contributed by atoms with Crippen LogP contribution in [0.1, 0.15) is 17.3 Å². The Balaban J connectivity index is 1.96. The third kappa shape index (κ3) is 3.17. The molecule has 20 heavy (non-hydrogen) atoms. The van der Waals surface area contributed by atoms with Crippen LogP contribution in [0.5, 0.6) is 5.75 Å². The molecule has 104 valence electrons. The van der Waals surface area contributed by atoms with Gasteiger partial charge in [-0.15, -0.1) is 0 Å². The topological polar surface area (TPSA) is 91.6 Å². The summed E-state index contributed by atoms with van der Waals surface area (Å²) in [6, 6.07) is 7.11. The molecule has 2 rings (SSSR count). The van der Waals surface area contributed by atoms with Crippen LogP contribution in [0.3, 0.4) is 0 Å². The van der Waals surface area contributed by atoms with Crippen LogP contribution >= 0.6 is 0 Å². The predicted octanol–water partition coefficient (Wildman–Crippen LogP) is 1.74. The van der Waals surface area contributed by atoms with Crippen LogP contribution in [0.15, 0.2) is 47.3 Å². The van der Waals surface area contributed by atoms with E-state index in [2.05, 4.69) is 10.6 Å². The minimum absolute atomic E-state index is 0.0331. The zero-order valence-electron chi connectivity index (χ0n) is 10.8. The van der Waals surface area contributed by atoms with Gasteiger partial charge in [0.1, 0.15) is 18.1 Å². The maximum Gasteiger partial charge on any atom is 0.255 e. The molecule has 2 amide bonds. The predicted molar refractivity (Wildman–Crippen MR) is 72.4 cm³/mol. The Morgan fingerprint density at radius 1 is 1.25 bits per heavy atom. The molecular formula is C14H14N2O4. The first-order valence-corrected chi connectivity index (χ1v) is 6.00. The molecule has 0 saturated carbocycles. The Morgan fingerprint density at radius 2 is 2.00 bits per heavy atom. The quantitative estimate of drug-likeness (QED) is 0.740. The fourth-order valence-electron chi connectivity index (χ4n) is 1.56. The molecule has 0 radical (unpaired) electrons. The lowest BCUT2D eigenvalue weighted by Crippen LogP contribution is -2.41. The maximum absolute atomic E-state index is 11.9. The van der Waals surface area contributed by atoms with Gasteiger partial charge in [-0.25, -0.2) is 0 Å². The second kappa shape index (κ2) is 5.92. The molecule has 1 aromatic carbocycles. The van der Waals surface area contributed by atoms with Crippen molar-refractivity contribution < 1.29 is 19.1 Å². The maximum atomic E-state index is 11.9. The Morgan fingerprint density at radius 3 is 2.65 bits per heavy atom. The molecule has 1 atom stereocenters. The van der Waals surface area contributed by atoms with Crippen molar-refractivity contribution >= 4 is 17.5 Å². The van der Waals surface area contributed by atoms with Gasteiger partial charge >= 0.3 is 0 Å². The Labute approximate surface area is 115 Å². The number of nitrogens with one attached hydrogen (secondary N) is 2. The number of hydrogen-bond acceptors (Lipinski definition) is 4. The van der Waals surface area contributed by atoms with Crippen LogP contribution in [0.4, 0.5) is 5.69 Å². The molecule has 0 spiro atoms. The molecule has 0 aliphatic heterocycles. The lowest BCUT2D eigenvalue weighted by atomic mass is 10.2. The van der Waals surface area contributed by atoms with E-state index >= 15 is 0 Å². The van der Waals surface area contributed by atoms with Crippen molar-refractivity contribution in [3.63, 3.8) is 0 Å². The molecule has 0 unspecified atom stereocenters. The Kier molecular flexibility index (Phi) is 4.05. The van der Waals surface area contributed by atoms with Gasteiger partial charge in [0.2, 0.25) is 5.91 Å². The van der Waals surface area contributed by atoms with E-state index in [1.54, 1.807) is 25.1 Å². The zero-order valence-corrected chi connectivity index (χ0v) is 10.8. The van der Waals surface area contributed by atoms with Crippen LogP contribution in [0, 0.1) is 0 Å². The largest absolute Gasteiger partial charge is 0.506 e. The smallest absolute Gasteiger partial charge is 0.255 e. The molecular weight excluding hydrogens is 260 g/mol. The van der Waals surface area contributed by atoms with E-state index in [9.17, 15) is 14.7 Å². The van der Waals surface area contributed by atoms with Gasteiger partial charge in [0.15, 0.2) is 0 Å². The van der Waals surface area contributed by atoms with E-state index in [0.29, 0.717) is 11.3 Å². The molecule has 6 heteroatoms. The van der Waals surface area contributed by atoms with E-state index in [4.69, 9.17) is 4.42 Å². The van der Waals surface area contributed by atoms with Crippen LogP contribution in [-0.4, -0.2) is 23.0 Å². The molecule has 0 aliphatic carbocycles. The standard InChI is InChI=1S/C14H14N2O4/c1-9(15-14(19)10-6-7-20-8-10)13(18)16-11-4-2-3-5-12(11)17/h2-9,17H,1H3,(H,15,19)(H,16,18)/t9-/m0/s1. The normalized spacial score (nSPS) is 11.7. The molecule has 0 saturated heterocycles. The van der Waals surface area contributed by atoms with E-state index in [1.807, 2.05) is 0 Å². The van der Waals surface area contributed by atoms with Crippen LogP contribution < -0.4 is 10.6 Å². The molecule has 1 heterocycles. The number of para-hydroxylation sites is 2. The molecule has 3 N–H and O–H groups in total. The van der Waals surface area contributed by atoms with Gasteiger partial charge in [0.05, 0.1) is 17.5 Å². The molecule has 1 aromatic heterocycles. The summed E-state index contributed by atoms with van der Waals surface area (Å²) in [5.41, 5.74) is 0.633. The van der Waals surface area contributed by atoms with Gasteiger partial charge in [0.25, 0.3) is 5.91 Å². The minimum atomic E-state index is -0.753. The number of phenols is 1. The second-order valence-corrected chi connectivity index (χ2v) is 4.21. The van der Waals surface area contributed by atoms with Crippen molar-refractivity contribution in [2.24, 2.45) is 0 Å². The van der Waals surface area contributed by atoms with Gasteiger partial charge in [0, 0.05) is 0 Å². The second-order valence-electron chi connectivity index (χ2n) is 4.21. The zero-order chi connectivity index (χ0) is 14.5. The molecule has 2 aromatic rings. The highest BCUT2D eigenvalue weighted by Gasteiger charge is 2.18. The van der Waals surface area contributed by atoms with Crippen molar-refractivity contribution in [3.8, 4) is 5.75 Å². The van der Waals surface area contributed by atoms with E-state index < -0.39 is 17.9 Å². The van der Waals surface area contributed by atoms with Crippen molar-refractivity contribution in [2.45, 2.75) is 13.0 Å². The number of carbonyl (C=O) groups is 2. The third-order valence-electron chi connectivity index (χ3n) is 2.69. The number of furan rings is 1. The van der Waals surface area contributed by atoms with Crippen molar-refractivity contribution in [3.05, 3.63) is 48.4 Å². The van der Waals surface area contributed by atoms with Crippen LogP contribution in [0.2, 0.25) is 0 Å². The summed E-state index contributed by atoms with van der Waals surface area (Å²) in [4.78, 5) is 23.6. The summed E-state index contributed by atoms with van der Waals surface area (Å²) in [5, 5.41) is 14.6. The van der Waals surface area contributed by atoms with Crippen molar-refractivity contribution in [1.82, 2.24) is 5.32 Å². The van der Waals surface area contributed by atoms with E-state index in [1.165, 1.54) is 24.7 Å². The first-order chi connectivity index (χ1) is 9.58. The number of aromatic hydroxyl groups is 1. The fraction of sp³-hybridized carbons (Fsp3) is 0.143. The van der Waals surface area contributed by atoms with E-state index in [0.717, 1.165) is 0 Å². The number of anilines is 1. The number of rotatable bonds is 4. The monoisotopic (exact) mass is 274 g/mol. The van der Waals surface area contributed by atoms with Gasteiger partial charge < -0.3 is 20.2 Å². The first kappa shape index (κ1) is 13.7. The van der Waals surface area contributed by atoms with Gasteiger partial charge in [-0.05, 0) is 25.1 Å². The van der Waals surface area contributed by atoms with Gasteiger partial charge in [-0.3, -0.25) is 9.59 Å². The summed E-state index contributed by atoms with van der Waals surface area (Å²) in [6.45, 7) is 1.55. The first-order valence-electron chi connectivity index (χ1n) is 6.00. The van der Waals surface area contributed by atoms with Crippen LogP contribution in [-0.2, 0) is 4.79 Å².